The molecule has 5 rings (SSSR count). The van der Waals surface area contributed by atoms with Crippen LogP contribution in [0.25, 0.3) is 27.3 Å². The maximum absolute atomic E-state index is 4.67. The van der Waals surface area contributed by atoms with Crippen LogP contribution in [0.5, 0.6) is 0 Å². The van der Waals surface area contributed by atoms with Gasteiger partial charge in [0.2, 0.25) is 0 Å². The van der Waals surface area contributed by atoms with E-state index in [1.165, 1.54) is 32.9 Å². The van der Waals surface area contributed by atoms with Crippen molar-refractivity contribution < 1.29 is 0 Å². The highest BCUT2D eigenvalue weighted by molar-refractivity contribution is 6.13. The van der Waals surface area contributed by atoms with Crippen molar-refractivity contribution in [2.45, 2.75) is 19.8 Å². The molecule has 20 heavy (non-hydrogen) atoms. The maximum atomic E-state index is 4.67. The van der Waals surface area contributed by atoms with Crippen LogP contribution in [0.15, 0.2) is 36.7 Å². The summed E-state index contributed by atoms with van der Waals surface area (Å²) in [6, 6.07) is 8.53. The first-order chi connectivity index (χ1) is 9.84. The lowest BCUT2D eigenvalue weighted by Gasteiger charge is -2.18. The number of aromatic nitrogens is 3. The Bertz CT molecular complexity index is 1010. The second kappa shape index (κ2) is 3.37. The van der Waals surface area contributed by atoms with E-state index in [1.54, 1.807) is 0 Å². The fourth-order valence-corrected chi connectivity index (χ4v) is 3.56. The minimum absolute atomic E-state index is 1.05. The molecule has 0 bridgehead atoms. The molecule has 3 nitrogen and oxygen atoms in total. The number of benzene rings is 1. The largest absolute Gasteiger partial charge is 0.296 e. The number of rotatable bonds is 0. The summed E-state index contributed by atoms with van der Waals surface area (Å²) < 4.78 is 2.34. The van der Waals surface area contributed by atoms with Crippen molar-refractivity contribution in [3.05, 3.63) is 53.6 Å². The highest BCUT2D eigenvalue weighted by atomic mass is 15.0. The van der Waals surface area contributed by atoms with Crippen molar-refractivity contribution in [2.24, 2.45) is 0 Å². The summed E-state index contributed by atoms with van der Waals surface area (Å²) >= 11 is 0. The molecule has 0 spiro atoms. The SMILES string of the molecule is Cc1ncc2c3c1c1ccccc1c1ncc(n13)CC2. The van der Waals surface area contributed by atoms with Crippen LogP contribution in [0.4, 0.5) is 0 Å². The zero-order valence-corrected chi connectivity index (χ0v) is 11.2. The summed E-state index contributed by atoms with van der Waals surface area (Å²) in [5.74, 6) is 0. The van der Waals surface area contributed by atoms with Crippen molar-refractivity contribution in [1.82, 2.24) is 14.4 Å². The van der Waals surface area contributed by atoms with Crippen molar-refractivity contribution in [3.63, 3.8) is 0 Å². The first-order valence-corrected chi connectivity index (χ1v) is 7.00. The third kappa shape index (κ3) is 1.07. The van der Waals surface area contributed by atoms with Gasteiger partial charge in [-0.25, -0.2) is 4.98 Å². The Labute approximate surface area is 115 Å². The number of hydrogen-bond acceptors (Lipinski definition) is 2. The highest BCUT2D eigenvalue weighted by Crippen LogP contribution is 2.35. The molecule has 0 unspecified atom stereocenters. The van der Waals surface area contributed by atoms with E-state index in [9.17, 15) is 0 Å². The van der Waals surface area contributed by atoms with Gasteiger partial charge in [0, 0.05) is 34.6 Å². The van der Waals surface area contributed by atoms with Gasteiger partial charge in [-0.15, -0.1) is 0 Å². The van der Waals surface area contributed by atoms with Crippen molar-refractivity contribution in [2.75, 3.05) is 0 Å². The fraction of sp³-hybridized carbons (Fsp3) is 0.176. The minimum Gasteiger partial charge on any atom is -0.296 e. The van der Waals surface area contributed by atoms with Crippen LogP contribution in [0.1, 0.15) is 17.0 Å². The second-order valence-electron chi connectivity index (χ2n) is 5.55. The van der Waals surface area contributed by atoms with E-state index in [4.69, 9.17) is 0 Å². The van der Waals surface area contributed by atoms with Crippen LogP contribution < -0.4 is 0 Å². The van der Waals surface area contributed by atoms with Crippen LogP contribution in [-0.2, 0) is 12.8 Å². The predicted molar refractivity (Wildman–Crippen MR) is 80.1 cm³/mol. The number of fused-ring (bicyclic) bond motifs is 3. The lowest BCUT2D eigenvalue weighted by atomic mass is 9.98. The first kappa shape index (κ1) is 10.4. The normalized spacial score (nSPS) is 13.8. The van der Waals surface area contributed by atoms with Crippen LogP contribution >= 0.6 is 0 Å². The molecule has 3 heteroatoms. The van der Waals surface area contributed by atoms with E-state index in [0.29, 0.717) is 0 Å². The Balaban J connectivity index is 2.28. The van der Waals surface area contributed by atoms with Crippen LogP contribution in [0.3, 0.4) is 0 Å². The summed E-state index contributed by atoms with van der Waals surface area (Å²) in [7, 11) is 0. The van der Waals surface area contributed by atoms with Crippen LogP contribution in [0, 0.1) is 6.92 Å². The summed E-state index contributed by atoms with van der Waals surface area (Å²) in [5.41, 5.74) is 6.14. The van der Waals surface area contributed by atoms with Crippen molar-refractivity contribution in [1.29, 1.82) is 0 Å². The highest BCUT2D eigenvalue weighted by Gasteiger charge is 2.20. The molecule has 0 saturated carbocycles. The molecule has 0 atom stereocenters. The second-order valence-corrected chi connectivity index (χ2v) is 5.55. The smallest absolute Gasteiger partial charge is 0.145 e. The summed E-state index contributed by atoms with van der Waals surface area (Å²) in [5, 5.41) is 3.76. The molecule has 3 aromatic heterocycles. The molecule has 1 aliphatic rings. The molecule has 0 radical (unpaired) electrons. The molecule has 0 saturated heterocycles. The van der Waals surface area contributed by atoms with E-state index in [0.717, 1.165) is 24.2 Å². The number of imidazole rings is 1. The third-order valence-electron chi connectivity index (χ3n) is 4.46. The van der Waals surface area contributed by atoms with Gasteiger partial charge in [0.05, 0.1) is 5.52 Å². The predicted octanol–water partition coefficient (Wildman–Crippen LogP) is 3.44. The van der Waals surface area contributed by atoms with Gasteiger partial charge >= 0.3 is 0 Å². The molecule has 4 aromatic rings. The average Bonchev–Trinajstić information content (AvgIpc) is 2.92. The van der Waals surface area contributed by atoms with Gasteiger partial charge in [-0.2, -0.15) is 0 Å². The Morgan fingerprint density at radius 3 is 2.75 bits per heavy atom. The summed E-state index contributed by atoms with van der Waals surface area (Å²) in [6.07, 6.45) is 6.17. The Morgan fingerprint density at radius 1 is 1.00 bits per heavy atom. The van der Waals surface area contributed by atoms with Crippen molar-refractivity contribution in [3.8, 4) is 0 Å². The van der Waals surface area contributed by atoms with Gasteiger partial charge in [0.1, 0.15) is 5.65 Å². The molecule has 0 amide bonds. The summed E-state index contributed by atoms with van der Waals surface area (Å²) in [4.78, 5) is 9.29. The standard InChI is InChI=1S/C17H13N3/c1-10-15-13-4-2-3-5-14(13)17-19-9-12-7-6-11(8-18-10)16(15)20(12)17/h2-5,8-9H,6-7H2,1H3. The van der Waals surface area contributed by atoms with Gasteiger partial charge in [-0.1, -0.05) is 24.3 Å². The van der Waals surface area contributed by atoms with Crippen LogP contribution in [0.2, 0.25) is 0 Å². The van der Waals surface area contributed by atoms with Gasteiger partial charge in [-0.3, -0.25) is 9.38 Å². The van der Waals surface area contributed by atoms with Gasteiger partial charge in [-0.05, 0) is 30.7 Å². The molecule has 4 heterocycles. The first-order valence-electron chi connectivity index (χ1n) is 7.00. The van der Waals surface area contributed by atoms with Gasteiger partial charge in [0.25, 0.3) is 0 Å². The maximum Gasteiger partial charge on any atom is 0.145 e. The topological polar surface area (TPSA) is 30.2 Å². The fourth-order valence-electron chi connectivity index (χ4n) is 3.56. The van der Waals surface area contributed by atoms with Gasteiger partial charge < -0.3 is 0 Å². The molecular weight excluding hydrogens is 246 g/mol. The quantitative estimate of drug-likeness (QED) is 0.453. The lowest BCUT2D eigenvalue weighted by molar-refractivity contribution is 0.868. The Hall–Kier alpha value is -2.42. The van der Waals surface area contributed by atoms with E-state index in [2.05, 4.69) is 45.6 Å². The van der Waals surface area contributed by atoms with Crippen LogP contribution in [-0.4, -0.2) is 14.4 Å². The molecule has 1 aromatic carbocycles. The number of aryl methyl sites for hydroxylation is 3. The average molecular weight is 259 g/mol. The zero-order chi connectivity index (χ0) is 13.3. The molecule has 0 fully saturated rings. The van der Waals surface area contributed by atoms with E-state index in [-0.39, 0.29) is 0 Å². The molecule has 1 aliphatic heterocycles. The van der Waals surface area contributed by atoms with Crippen molar-refractivity contribution >= 4 is 27.3 Å². The van der Waals surface area contributed by atoms with Gasteiger partial charge in [0.15, 0.2) is 0 Å². The molecule has 0 N–H and O–H groups in total. The number of nitrogens with zero attached hydrogens (tertiary/aromatic N) is 3. The van der Waals surface area contributed by atoms with E-state index < -0.39 is 0 Å². The molecular formula is C17H13N3. The summed E-state index contributed by atoms with van der Waals surface area (Å²) in [6.45, 7) is 2.10. The van der Waals surface area contributed by atoms with E-state index in [1.807, 2.05) is 12.4 Å². The minimum atomic E-state index is 1.05. The molecule has 96 valence electrons. The van der Waals surface area contributed by atoms with E-state index >= 15 is 0 Å². The molecule has 0 aliphatic carbocycles. The zero-order valence-electron chi connectivity index (χ0n) is 11.2. The monoisotopic (exact) mass is 259 g/mol. The number of hydrogen-bond donors (Lipinski definition) is 0. The Kier molecular flexibility index (Phi) is 1.75. The lowest BCUT2D eigenvalue weighted by Crippen LogP contribution is -2.08. The number of pyridine rings is 2. The Morgan fingerprint density at radius 2 is 1.85 bits per heavy atom. The third-order valence-corrected chi connectivity index (χ3v) is 4.46.